The van der Waals surface area contributed by atoms with E-state index in [-0.39, 0.29) is 37.2 Å². The van der Waals surface area contributed by atoms with Crippen molar-refractivity contribution in [3.05, 3.63) is 59.7 Å². The molecule has 8 nitrogen and oxygen atoms in total. The predicted octanol–water partition coefficient (Wildman–Crippen LogP) is 2.70. The average Bonchev–Trinajstić information content (AvgIpc) is 3.16. The Morgan fingerprint density at radius 1 is 1.09 bits per heavy atom. The van der Waals surface area contributed by atoms with Gasteiger partial charge < -0.3 is 25.2 Å². The van der Waals surface area contributed by atoms with E-state index in [9.17, 15) is 19.5 Å². The van der Waals surface area contributed by atoms with Crippen molar-refractivity contribution in [2.24, 2.45) is 0 Å². The van der Waals surface area contributed by atoms with Crippen molar-refractivity contribution in [1.82, 2.24) is 10.2 Å². The quantitative estimate of drug-likeness (QED) is 0.493. The topological polar surface area (TPSA) is 116 Å². The average molecular weight is 485 g/mol. The minimum Gasteiger partial charge on any atom is -0.479 e. The smallest absolute Gasteiger partial charge is 0.407 e. The molecule has 9 heteroatoms. The Balaban J connectivity index is 1.17. The van der Waals surface area contributed by atoms with Crippen molar-refractivity contribution in [3.8, 4) is 11.1 Å². The molecule has 2 aromatic carbocycles. The highest BCUT2D eigenvalue weighted by molar-refractivity contribution is 7.99. The van der Waals surface area contributed by atoms with Crippen LogP contribution < -0.4 is 5.32 Å². The lowest BCUT2D eigenvalue weighted by Gasteiger charge is -2.36. The fraction of sp³-hybridized carbons (Fsp3) is 0.400. The van der Waals surface area contributed by atoms with Gasteiger partial charge in [0.2, 0.25) is 5.91 Å². The summed E-state index contributed by atoms with van der Waals surface area (Å²) < 4.78 is 5.49. The molecule has 2 aromatic rings. The molecule has 1 aliphatic carbocycles. The summed E-state index contributed by atoms with van der Waals surface area (Å²) in [5.74, 6) is -0.857. The first-order chi connectivity index (χ1) is 16.4. The van der Waals surface area contributed by atoms with E-state index in [1.54, 1.807) is 0 Å². The zero-order valence-electron chi connectivity index (χ0n) is 18.7. The van der Waals surface area contributed by atoms with E-state index in [2.05, 4.69) is 29.6 Å². The second-order valence-electron chi connectivity index (χ2n) is 8.56. The number of amides is 2. The number of fused-ring (bicyclic) bond motifs is 3. The summed E-state index contributed by atoms with van der Waals surface area (Å²) in [5.41, 5.74) is 2.77. The van der Waals surface area contributed by atoms with Crippen LogP contribution in [0.25, 0.3) is 11.1 Å². The molecule has 3 N–H and O–H groups in total. The number of alkyl carbamates (subject to hydrolysis) is 1. The molecule has 1 aliphatic heterocycles. The Morgan fingerprint density at radius 2 is 1.74 bits per heavy atom. The number of nitrogens with one attached hydrogen (secondary N) is 1. The summed E-state index contributed by atoms with van der Waals surface area (Å²) in [5, 5.41) is 22.0. The Morgan fingerprint density at radius 3 is 2.38 bits per heavy atom. The zero-order chi connectivity index (χ0) is 24.1. The first-order valence-electron chi connectivity index (χ1n) is 11.3. The van der Waals surface area contributed by atoms with Crippen molar-refractivity contribution in [1.29, 1.82) is 0 Å². The number of benzene rings is 2. The second-order valence-corrected chi connectivity index (χ2v) is 9.67. The van der Waals surface area contributed by atoms with E-state index in [0.29, 0.717) is 25.3 Å². The molecule has 0 saturated carbocycles. The molecular weight excluding hydrogens is 456 g/mol. The summed E-state index contributed by atoms with van der Waals surface area (Å²) >= 11 is 1.34. The summed E-state index contributed by atoms with van der Waals surface area (Å²) in [4.78, 5) is 37.2. The van der Waals surface area contributed by atoms with Crippen molar-refractivity contribution >= 4 is 29.7 Å². The number of hydrogen-bond acceptors (Lipinski definition) is 6. The fourth-order valence-corrected chi connectivity index (χ4v) is 5.30. The summed E-state index contributed by atoms with van der Waals surface area (Å²) in [6, 6.07) is 16.3. The number of carbonyl (C=O) groups is 3. The maximum Gasteiger partial charge on any atom is 0.407 e. The van der Waals surface area contributed by atoms with Crippen LogP contribution in [0.1, 0.15) is 29.9 Å². The van der Waals surface area contributed by atoms with Gasteiger partial charge in [0.1, 0.15) is 6.61 Å². The fourth-order valence-electron chi connectivity index (χ4n) is 4.55. The third-order valence-corrected chi connectivity index (χ3v) is 7.25. The molecule has 1 atom stereocenters. The first-order valence-corrected chi connectivity index (χ1v) is 12.4. The number of carbonyl (C=O) groups excluding carboxylic acids is 2. The van der Waals surface area contributed by atoms with Gasteiger partial charge in [-0.15, -0.1) is 0 Å². The highest BCUT2D eigenvalue weighted by atomic mass is 32.2. The van der Waals surface area contributed by atoms with Gasteiger partial charge in [0.05, 0.1) is 12.3 Å². The summed E-state index contributed by atoms with van der Waals surface area (Å²) in [6.07, 6.45) is 0.0858. The van der Waals surface area contributed by atoms with Gasteiger partial charge in [0.15, 0.2) is 5.60 Å². The number of β-amino-alcohol motifs (C(OH)–C–C–N with tert-alkyl or cyclic N) is 1. The lowest BCUT2D eigenvalue weighted by atomic mass is 9.93. The van der Waals surface area contributed by atoms with E-state index in [1.165, 1.54) is 27.8 Å². The molecule has 1 saturated heterocycles. The van der Waals surface area contributed by atoms with Crippen molar-refractivity contribution in [3.63, 3.8) is 0 Å². The summed E-state index contributed by atoms with van der Waals surface area (Å²) in [7, 11) is 0. The van der Waals surface area contributed by atoms with E-state index >= 15 is 0 Å². The Kier molecular flexibility index (Phi) is 7.43. The first kappa shape index (κ1) is 24.1. The Hall–Kier alpha value is -3.04. The molecular formula is C25H28N2O6S. The molecule has 0 bridgehead atoms. The van der Waals surface area contributed by atoms with E-state index in [4.69, 9.17) is 9.84 Å². The Bertz CT molecular complexity index is 1030. The maximum absolute atomic E-state index is 12.3. The lowest BCUT2D eigenvalue weighted by molar-refractivity contribution is -0.166. The second kappa shape index (κ2) is 10.5. The van der Waals surface area contributed by atoms with Crippen LogP contribution in [0.3, 0.4) is 0 Å². The molecule has 34 heavy (non-hydrogen) atoms. The zero-order valence-corrected chi connectivity index (χ0v) is 19.6. The molecule has 1 fully saturated rings. The Labute approximate surface area is 202 Å². The van der Waals surface area contributed by atoms with Crippen LogP contribution in [0.4, 0.5) is 4.79 Å². The standard InChI is InChI=1S/C25H28N2O6S/c28-22(27-12-5-10-25(32,16-27)23(29)30)15-34-13-11-26-24(31)33-14-21-19-8-3-1-6-17(19)18-7-2-4-9-20(18)21/h1-4,6-9,21,32H,5,10-16H2,(H,26,31)(H,29,30). The van der Waals surface area contributed by atoms with Crippen molar-refractivity contribution < 1.29 is 29.3 Å². The number of carboxylic acids is 1. The van der Waals surface area contributed by atoms with Crippen LogP contribution in [-0.2, 0) is 14.3 Å². The van der Waals surface area contributed by atoms with Gasteiger partial charge in [-0.05, 0) is 35.1 Å². The minimum atomic E-state index is -1.87. The highest BCUT2D eigenvalue weighted by Crippen LogP contribution is 2.44. The number of ether oxygens (including phenoxy) is 1. The van der Waals surface area contributed by atoms with Gasteiger partial charge in [-0.3, -0.25) is 4.79 Å². The molecule has 0 radical (unpaired) electrons. The minimum absolute atomic E-state index is 0.000800. The number of likely N-dealkylation sites (tertiary alicyclic amines) is 1. The third kappa shape index (κ3) is 5.20. The van der Waals surface area contributed by atoms with E-state index in [0.717, 1.165) is 11.1 Å². The predicted molar refractivity (Wildman–Crippen MR) is 129 cm³/mol. The van der Waals surface area contributed by atoms with Gasteiger partial charge in [-0.2, -0.15) is 11.8 Å². The largest absolute Gasteiger partial charge is 0.479 e. The summed E-state index contributed by atoms with van der Waals surface area (Å²) in [6.45, 7) is 0.827. The number of thioether (sulfide) groups is 1. The number of nitrogens with zero attached hydrogens (tertiary/aromatic N) is 1. The molecule has 0 aromatic heterocycles. The number of hydrogen-bond donors (Lipinski definition) is 3. The van der Waals surface area contributed by atoms with Crippen molar-refractivity contribution in [2.75, 3.05) is 37.7 Å². The van der Waals surface area contributed by atoms with Crippen molar-refractivity contribution in [2.45, 2.75) is 24.4 Å². The van der Waals surface area contributed by atoms with Crippen LogP contribution in [0, 0.1) is 0 Å². The number of carboxylic acid groups (broad SMARTS) is 1. The van der Waals surface area contributed by atoms with Gasteiger partial charge in [0.25, 0.3) is 0 Å². The number of aliphatic hydroxyl groups is 1. The van der Waals surface area contributed by atoms with Crippen LogP contribution in [0.5, 0.6) is 0 Å². The molecule has 2 aliphatic rings. The molecule has 4 rings (SSSR count). The monoisotopic (exact) mass is 484 g/mol. The van der Waals surface area contributed by atoms with Crippen LogP contribution >= 0.6 is 11.8 Å². The molecule has 1 heterocycles. The van der Waals surface area contributed by atoms with Gasteiger partial charge in [0, 0.05) is 24.8 Å². The van der Waals surface area contributed by atoms with Crippen LogP contribution in [0.2, 0.25) is 0 Å². The van der Waals surface area contributed by atoms with Gasteiger partial charge >= 0.3 is 12.1 Å². The highest BCUT2D eigenvalue weighted by Gasteiger charge is 2.41. The van der Waals surface area contributed by atoms with Gasteiger partial charge in [-0.1, -0.05) is 48.5 Å². The van der Waals surface area contributed by atoms with E-state index < -0.39 is 17.7 Å². The van der Waals surface area contributed by atoms with E-state index in [1.807, 2.05) is 24.3 Å². The lowest BCUT2D eigenvalue weighted by Crippen LogP contribution is -2.55. The number of piperidine rings is 1. The third-order valence-electron chi connectivity index (χ3n) is 6.31. The number of rotatable bonds is 8. The molecule has 2 amide bonds. The molecule has 0 spiro atoms. The number of aliphatic carboxylic acids is 1. The molecule has 1 unspecified atom stereocenters. The van der Waals surface area contributed by atoms with Gasteiger partial charge in [-0.25, -0.2) is 9.59 Å². The van der Waals surface area contributed by atoms with Crippen LogP contribution in [0.15, 0.2) is 48.5 Å². The SMILES string of the molecule is O=C(NCCSCC(=O)N1CCCC(O)(C(=O)O)C1)OCC1c2ccccc2-c2ccccc21. The normalized spacial score (nSPS) is 19.3. The maximum atomic E-state index is 12.3. The molecule has 180 valence electrons. The van der Waals surface area contributed by atoms with Crippen LogP contribution in [-0.4, -0.2) is 76.4 Å².